The first-order chi connectivity index (χ1) is 13.9. The molecule has 0 radical (unpaired) electrons. The quantitative estimate of drug-likeness (QED) is 0.781. The summed E-state index contributed by atoms with van der Waals surface area (Å²) < 4.78 is 0. The first-order valence-electron chi connectivity index (χ1n) is 10.9. The normalized spacial score (nSPS) is 27.6. The molecule has 0 aromatic heterocycles. The maximum atomic E-state index is 11.6. The number of piperazine rings is 1. The smallest absolute Gasteiger partial charge is 0.219 e. The average molecular weight is 421 g/mol. The summed E-state index contributed by atoms with van der Waals surface area (Å²) in [5.74, 6) is 0.147. The highest BCUT2D eigenvalue weighted by atomic mass is 35.5. The molecule has 3 heterocycles. The van der Waals surface area contributed by atoms with E-state index in [9.17, 15) is 9.90 Å². The second-order valence-electron chi connectivity index (χ2n) is 8.94. The van der Waals surface area contributed by atoms with E-state index in [-0.39, 0.29) is 11.3 Å². The maximum Gasteiger partial charge on any atom is 0.219 e. The molecule has 1 unspecified atom stereocenters. The van der Waals surface area contributed by atoms with Crippen LogP contribution in [-0.4, -0.2) is 78.9 Å². The number of hydrogen-bond acceptors (Lipinski definition) is 5. The number of piperidine rings is 1. The van der Waals surface area contributed by atoms with E-state index in [1.54, 1.807) is 6.92 Å². The fourth-order valence-electron chi connectivity index (χ4n) is 5.23. The molecule has 0 saturated carbocycles. The van der Waals surface area contributed by atoms with Crippen molar-refractivity contribution in [3.05, 3.63) is 29.3 Å². The summed E-state index contributed by atoms with van der Waals surface area (Å²) in [5.41, 5.74) is 1.15. The van der Waals surface area contributed by atoms with Crippen molar-refractivity contribution in [1.29, 1.82) is 0 Å². The van der Waals surface area contributed by atoms with Gasteiger partial charge in [0.25, 0.3) is 0 Å². The lowest BCUT2D eigenvalue weighted by Crippen LogP contribution is -2.47. The number of amides is 1. The molecule has 160 valence electrons. The number of carbonyl (C=O) groups is 1. The summed E-state index contributed by atoms with van der Waals surface area (Å²) in [6.07, 6.45) is 3.43. The fourth-order valence-corrected chi connectivity index (χ4v) is 5.42. The Morgan fingerprint density at radius 2 is 1.93 bits per heavy atom. The standard InChI is InChI=1S/C22H33ClN4O2/c1-17(28)26-9-6-22(7-10-26)16-19(24-21(22)29)5-8-25-11-13-27(14-12-25)20-4-2-3-18(23)15-20/h2-4,15,19,21,24,29H,5-14,16H2,1H3/t19-,21?/m1/s1. The monoisotopic (exact) mass is 420 g/mol. The van der Waals surface area contributed by atoms with Gasteiger partial charge in [0.2, 0.25) is 5.91 Å². The van der Waals surface area contributed by atoms with Crippen LogP contribution in [-0.2, 0) is 4.79 Å². The Morgan fingerprint density at radius 3 is 2.59 bits per heavy atom. The second-order valence-corrected chi connectivity index (χ2v) is 9.37. The van der Waals surface area contributed by atoms with Crippen LogP contribution in [0.25, 0.3) is 0 Å². The van der Waals surface area contributed by atoms with Gasteiger partial charge in [-0.1, -0.05) is 17.7 Å². The van der Waals surface area contributed by atoms with Crippen molar-refractivity contribution < 1.29 is 9.90 Å². The summed E-state index contributed by atoms with van der Waals surface area (Å²) in [7, 11) is 0. The molecule has 3 saturated heterocycles. The Balaban J connectivity index is 1.22. The highest BCUT2D eigenvalue weighted by Gasteiger charge is 2.48. The minimum absolute atomic E-state index is 0.0537. The number of anilines is 1. The molecule has 3 aliphatic rings. The molecule has 7 heteroatoms. The molecule has 1 amide bonds. The zero-order valence-corrected chi connectivity index (χ0v) is 18.1. The van der Waals surface area contributed by atoms with Gasteiger partial charge in [-0.2, -0.15) is 0 Å². The lowest BCUT2D eigenvalue weighted by Gasteiger charge is -2.40. The Morgan fingerprint density at radius 1 is 1.21 bits per heavy atom. The lowest BCUT2D eigenvalue weighted by molar-refractivity contribution is -0.132. The van der Waals surface area contributed by atoms with E-state index in [4.69, 9.17) is 11.6 Å². The van der Waals surface area contributed by atoms with Crippen molar-refractivity contribution in [2.24, 2.45) is 5.41 Å². The summed E-state index contributed by atoms with van der Waals surface area (Å²) in [4.78, 5) is 18.4. The molecule has 1 spiro atoms. The number of carbonyl (C=O) groups excluding carboxylic acids is 1. The molecule has 6 nitrogen and oxygen atoms in total. The third kappa shape index (κ3) is 4.71. The minimum atomic E-state index is -0.443. The van der Waals surface area contributed by atoms with Crippen molar-refractivity contribution in [1.82, 2.24) is 15.1 Å². The second kappa shape index (κ2) is 8.80. The van der Waals surface area contributed by atoms with E-state index in [1.165, 1.54) is 5.69 Å². The summed E-state index contributed by atoms with van der Waals surface area (Å²) in [6, 6.07) is 8.46. The number of nitrogens with one attached hydrogen (secondary N) is 1. The molecular formula is C22H33ClN4O2. The average Bonchev–Trinajstić information content (AvgIpc) is 3.02. The highest BCUT2D eigenvalue weighted by molar-refractivity contribution is 6.30. The first kappa shape index (κ1) is 20.9. The van der Waals surface area contributed by atoms with Gasteiger partial charge in [-0.25, -0.2) is 0 Å². The molecule has 2 atom stereocenters. The van der Waals surface area contributed by atoms with Gasteiger partial charge in [0.05, 0.1) is 0 Å². The Hall–Kier alpha value is -1.34. The van der Waals surface area contributed by atoms with Crippen LogP contribution in [0.15, 0.2) is 24.3 Å². The Bertz CT molecular complexity index is 715. The highest BCUT2D eigenvalue weighted by Crippen LogP contribution is 2.43. The molecule has 2 N–H and O–H groups in total. The van der Waals surface area contributed by atoms with E-state index in [0.717, 1.165) is 76.5 Å². The van der Waals surface area contributed by atoms with Gasteiger partial charge in [0, 0.05) is 68.4 Å². The molecule has 0 aliphatic carbocycles. The van der Waals surface area contributed by atoms with Crippen LogP contribution in [0.3, 0.4) is 0 Å². The van der Waals surface area contributed by atoms with Crippen LogP contribution >= 0.6 is 11.6 Å². The van der Waals surface area contributed by atoms with Gasteiger partial charge in [0.15, 0.2) is 0 Å². The van der Waals surface area contributed by atoms with Crippen molar-refractivity contribution in [2.75, 3.05) is 50.7 Å². The molecule has 4 rings (SSSR count). The van der Waals surface area contributed by atoms with Crippen molar-refractivity contribution in [3.8, 4) is 0 Å². The van der Waals surface area contributed by atoms with E-state index in [2.05, 4.69) is 21.2 Å². The largest absolute Gasteiger partial charge is 0.378 e. The molecule has 3 aliphatic heterocycles. The predicted octanol–water partition coefficient (Wildman–Crippen LogP) is 2.16. The fraction of sp³-hybridized carbons (Fsp3) is 0.682. The van der Waals surface area contributed by atoms with E-state index in [1.807, 2.05) is 23.1 Å². The number of aliphatic hydroxyl groups is 1. The first-order valence-corrected chi connectivity index (χ1v) is 11.3. The third-order valence-corrected chi connectivity index (χ3v) is 7.41. The van der Waals surface area contributed by atoms with Crippen molar-refractivity contribution in [3.63, 3.8) is 0 Å². The number of hydrogen-bond donors (Lipinski definition) is 2. The summed E-state index contributed by atoms with van der Waals surface area (Å²) in [5, 5.41) is 14.9. The molecule has 1 aromatic carbocycles. The van der Waals surface area contributed by atoms with Crippen LogP contribution in [0, 0.1) is 5.41 Å². The zero-order valence-electron chi connectivity index (χ0n) is 17.3. The van der Waals surface area contributed by atoms with Gasteiger partial charge >= 0.3 is 0 Å². The van der Waals surface area contributed by atoms with E-state index < -0.39 is 6.23 Å². The number of aliphatic hydroxyl groups excluding tert-OH is 1. The molecular weight excluding hydrogens is 388 g/mol. The van der Waals surface area contributed by atoms with Gasteiger partial charge in [0.1, 0.15) is 6.23 Å². The van der Waals surface area contributed by atoms with E-state index >= 15 is 0 Å². The van der Waals surface area contributed by atoms with Crippen LogP contribution in [0.2, 0.25) is 5.02 Å². The molecule has 29 heavy (non-hydrogen) atoms. The number of nitrogens with zero attached hydrogens (tertiary/aromatic N) is 3. The topological polar surface area (TPSA) is 59.1 Å². The van der Waals surface area contributed by atoms with Gasteiger partial charge in [-0.3, -0.25) is 15.0 Å². The lowest BCUT2D eigenvalue weighted by atomic mass is 9.75. The zero-order chi connectivity index (χ0) is 20.4. The SMILES string of the molecule is CC(=O)N1CCC2(CC1)C[C@@H](CCN1CCN(c3cccc(Cl)c3)CC1)NC2O. The molecule has 1 aromatic rings. The van der Waals surface area contributed by atoms with Gasteiger partial charge in [-0.05, 0) is 50.4 Å². The van der Waals surface area contributed by atoms with Gasteiger partial charge in [-0.15, -0.1) is 0 Å². The predicted molar refractivity (Wildman–Crippen MR) is 116 cm³/mol. The number of halogens is 1. The van der Waals surface area contributed by atoms with Crippen molar-refractivity contribution in [2.45, 2.75) is 44.9 Å². The number of rotatable bonds is 4. The molecule has 0 bridgehead atoms. The van der Waals surface area contributed by atoms with Crippen LogP contribution in [0.1, 0.15) is 32.6 Å². The number of benzene rings is 1. The Labute approximate surface area is 178 Å². The molecule has 3 fully saturated rings. The van der Waals surface area contributed by atoms with Gasteiger partial charge < -0.3 is 14.9 Å². The minimum Gasteiger partial charge on any atom is -0.378 e. The maximum absolute atomic E-state index is 11.6. The van der Waals surface area contributed by atoms with Crippen molar-refractivity contribution >= 4 is 23.2 Å². The summed E-state index contributed by atoms with van der Waals surface area (Å²) >= 11 is 6.13. The van der Waals surface area contributed by atoms with Crippen LogP contribution < -0.4 is 10.2 Å². The Kier molecular flexibility index (Phi) is 6.35. The van der Waals surface area contributed by atoms with Crippen LogP contribution in [0.4, 0.5) is 5.69 Å². The van der Waals surface area contributed by atoms with Crippen LogP contribution in [0.5, 0.6) is 0 Å². The third-order valence-electron chi connectivity index (χ3n) is 7.17. The van der Waals surface area contributed by atoms with E-state index in [0.29, 0.717) is 6.04 Å². The number of likely N-dealkylation sites (tertiary alicyclic amines) is 1. The summed E-state index contributed by atoms with van der Waals surface area (Å²) in [6.45, 7) is 8.39.